The monoisotopic (exact) mass is 266 g/mol. The van der Waals surface area contributed by atoms with E-state index < -0.39 is 5.25 Å². The summed E-state index contributed by atoms with van der Waals surface area (Å²) in [6, 6.07) is 7.62. The Kier molecular flexibility index (Phi) is 5.51. The summed E-state index contributed by atoms with van der Waals surface area (Å²) >= 11 is 1.33. The lowest BCUT2D eigenvalue weighted by Crippen LogP contribution is -2.29. The second kappa shape index (κ2) is 6.90. The number of amides is 1. The third-order valence-electron chi connectivity index (χ3n) is 2.40. The zero-order valence-electron chi connectivity index (χ0n) is 10.2. The molecule has 1 unspecified atom stereocenters. The van der Waals surface area contributed by atoms with E-state index >= 15 is 0 Å². The lowest BCUT2D eigenvalue weighted by atomic mass is 10.2. The number of nitrogens with zero attached hydrogens (tertiary/aromatic N) is 2. The highest BCUT2D eigenvalue weighted by Crippen LogP contribution is 2.27. The third kappa shape index (κ3) is 3.96. The van der Waals surface area contributed by atoms with Crippen LogP contribution in [0.4, 0.5) is 0 Å². The average Bonchev–Trinajstić information content (AvgIpc) is 2.36. The van der Waals surface area contributed by atoms with Crippen LogP contribution in [0.25, 0.3) is 0 Å². The maximum atomic E-state index is 11.5. The Balaban J connectivity index is 2.81. The molecule has 1 rings (SSSR count). The molecule has 0 radical (unpaired) electrons. The number of hydrogen-bond acceptors (Lipinski definition) is 5. The number of ketones is 1. The normalized spacial score (nSPS) is 11.7. The van der Waals surface area contributed by atoms with E-state index in [9.17, 15) is 14.5 Å². The molecule has 0 aliphatic heterocycles. The van der Waals surface area contributed by atoms with Gasteiger partial charge in [0, 0.05) is 4.90 Å². The molecule has 1 aromatic carbocycles. The average molecular weight is 266 g/mol. The Morgan fingerprint density at radius 2 is 2.17 bits per heavy atom. The van der Waals surface area contributed by atoms with Crippen molar-refractivity contribution in [2.24, 2.45) is 5.29 Å². The van der Waals surface area contributed by atoms with Gasteiger partial charge >= 0.3 is 0 Å². The highest BCUT2D eigenvalue weighted by Gasteiger charge is 2.20. The minimum atomic E-state index is -0.492. The van der Waals surface area contributed by atoms with Gasteiger partial charge in [0.25, 0.3) is 0 Å². The van der Waals surface area contributed by atoms with Crippen LogP contribution < -0.4 is 0 Å². The van der Waals surface area contributed by atoms with Crippen LogP contribution in [0.3, 0.4) is 0 Å². The molecular weight excluding hydrogens is 252 g/mol. The summed E-state index contributed by atoms with van der Waals surface area (Å²) < 4.78 is 0. The van der Waals surface area contributed by atoms with Crippen molar-refractivity contribution in [1.29, 1.82) is 0 Å². The van der Waals surface area contributed by atoms with Crippen LogP contribution in [0, 0.1) is 11.8 Å². The molecule has 0 heterocycles. The fraction of sp³-hybridized carbons (Fsp3) is 0.333. The predicted molar refractivity (Wildman–Crippen MR) is 70.1 cm³/mol. The molecule has 0 saturated heterocycles. The molecule has 0 aromatic heterocycles. The molecule has 0 aliphatic carbocycles. The van der Waals surface area contributed by atoms with Crippen molar-refractivity contribution in [2.45, 2.75) is 24.0 Å². The molecule has 0 spiro atoms. The number of hydrogen-bond donors (Lipinski definition) is 0. The second-order valence-electron chi connectivity index (χ2n) is 3.79. The van der Waals surface area contributed by atoms with Gasteiger partial charge in [-0.3, -0.25) is 9.59 Å². The first-order chi connectivity index (χ1) is 8.58. The van der Waals surface area contributed by atoms with Crippen LogP contribution >= 0.6 is 11.8 Å². The quantitative estimate of drug-likeness (QED) is 0.328. The fourth-order valence-corrected chi connectivity index (χ4v) is 2.47. The molecule has 0 N–H and O–H groups in total. The Hall–Kier alpha value is -1.69. The van der Waals surface area contributed by atoms with Gasteiger partial charge in [-0.2, -0.15) is 5.01 Å². The van der Waals surface area contributed by atoms with Crippen molar-refractivity contribution in [1.82, 2.24) is 5.01 Å². The van der Waals surface area contributed by atoms with E-state index in [-0.39, 0.29) is 12.3 Å². The maximum absolute atomic E-state index is 11.5. The number of nitroso groups, excluding NO2 is 1. The SMILES string of the molecule is CC(=O)C(CN(C=O)N=O)Sc1ccccc1C. The van der Waals surface area contributed by atoms with Crippen LogP contribution in [0.15, 0.2) is 34.4 Å². The lowest BCUT2D eigenvalue weighted by Gasteiger charge is -2.17. The van der Waals surface area contributed by atoms with E-state index in [1.165, 1.54) is 18.7 Å². The molecule has 0 aliphatic rings. The van der Waals surface area contributed by atoms with Crippen LogP contribution in [0.2, 0.25) is 0 Å². The zero-order valence-corrected chi connectivity index (χ0v) is 11.0. The molecule has 0 fully saturated rings. The Bertz CT molecular complexity index is 443. The summed E-state index contributed by atoms with van der Waals surface area (Å²) in [5.74, 6) is -0.0984. The summed E-state index contributed by atoms with van der Waals surface area (Å²) in [5, 5.41) is 2.74. The predicted octanol–water partition coefficient (Wildman–Crippen LogP) is 2.18. The van der Waals surface area contributed by atoms with E-state index in [0.29, 0.717) is 11.4 Å². The minimum Gasteiger partial charge on any atom is -0.299 e. The molecule has 5 nitrogen and oxygen atoms in total. The number of benzene rings is 1. The smallest absolute Gasteiger partial charge is 0.232 e. The van der Waals surface area contributed by atoms with Gasteiger partial charge in [-0.15, -0.1) is 16.7 Å². The van der Waals surface area contributed by atoms with Crippen LogP contribution in [0.1, 0.15) is 12.5 Å². The largest absolute Gasteiger partial charge is 0.299 e. The second-order valence-corrected chi connectivity index (χ2v) is 5.04. The first-order valence-corrected chi connectivity index (χ1v) is 6.24. The van der Waals surface area contributed by atoms with Crippen LogP contribution in [-0.2, 0) is 9.59 Å². The van der Waals surface area contributed by atoms with E-state index in [0.717, 1.165) is 10.5 Å². The fourth-order valence-electron chi connectivity index (χ4n) is 1.36. The number of Topliss-reactive ketones (excluding diaryl/α,β-unsaturated/α-hetero) is 1. The van der Waals surface area contributed by atoms with Gasteiger partial charge in [-0.25, -0.2) is 0 Å². The molecule has 6 heteroatoms. The standard InChI is InChI=1S/C12H14N2O3S/c1-9-5-3-4-6-11(9)18-12(10(2)16)7-14(8-15)13-17/h3-6,8,12H,7H2,1-2H3. The summed E-state index contributed by atoms with van der Waals surface area (Å²) in [6.45, 7) is 3.36. The van der Waals surface area contributed by atoms with E-state index in [1.807, 2.05) is 31.2 Å². The van der Waals surface area contributed by atoms with E-state index in [4.69, 9.17) is 0 Å². The Morgan fingerprint density at radius 1 is 1.50 bits per heavy atom. The molecule has 1 amide bonds. The van der Waals surface area contributed by atoms with Gasteiger partial charge in [-0.05, 0) is 25.5 Å². The van der Waals surface area contributed by atoms with Crippen molar-refractivity contribution in [3.8, 4) is 0 Å². The number of thioether (sulfide) groups is 1. The molecule has 1 aromatic rings. The van der Waals surface area contributed by atoms with Crippen molar-refractivity contribution in [3.63, 3.8) is 0 Å². The summed E-state index contributed by atoms with van der Waals surface area (Å²) in [5.41, 5.74) is 1.05. The Morgan fingerprint density at radius 3 is 2.67 bits per heavy atom. The lowest BCUT2D eigenvalue weighted by molar-refractivity contribution is -0.120. The first-order valence-electron chi connectivity index (χ1n) is 5.36. The zero-order chi connectivity index (χ0) is 13.5. The van der Waals surface area contributed by atoms with E-state index in [2.05, 4.69) is 5.29 Å². The molecule has 96 valence electrons. The Labute approximate surface area is 109 Å². The highest BCUT2D eigenvalue weighted by atomic mass is 32.2. The van der Waals surface area contributed by atoms with Crippen molar-refractivity contribution < 1.29 is 9.59 Å². The van der Waals surface area contributed by atoms with Crippen molar-refractivity contribution >= 4 is 24.0 Å². The summed E-state index contributed by atoms with van der Waals surface area (Å²) in [4.78, 5) is 33.3. The van der Waals surface area contributed by atoms with Gasteiger partial charge in [0.05, 0.1) is 17.1 Å². The summed E-state index contributed by atoms with van der Waals surface area (Å²) in [6.07, 6.45) is 0.321. The minimum absolute atomic E-state index is 0.0126. The van der Waals surface area contributed by atoms with Gasteiger partial charge in [-0.1, -0.05) is 18.2 Å². The van der Waals surface area contributed by atoms with Gasteiger partial charge in [0.2, 0.25) is 6.41 Å². The van der Waals surface area contributed by atoms with E-state index in [1.54, 1.807) is 0 Å². The molecule has 18 heavy (non-hydrogen) atoms. The number of rotatable bonds is 7. The molecule has 0 bridgehead atoms. The summed E-state index contributed by atoms with van der Waals surface area (Å²) in [7, 11) is 0. The van der Waals surface area contributed by atoms with Crippen molar-refractivity contribution in [3.05, 3.63) is 34.7 Å². The van der Waals surface area contributed by atoms with Gasteiger partial charge < -0.3 is 0 Å². The maximum Gasteiger partial charge on any atom is 0.232 e. The van der Waals surface area contributed by atoms with Crippen LogP contribution in [0.5, 0.6) is 0 Å². The number of aryl methyl sites for hydroxylation is 1. The molecule has 1 atom stereocenters. The third-order valence-corrected chi connectivity index (χ3v) is 3.87. The van der Waals surface area contributed by atoms with Gasteiger partial charge in [0.1, 0.15) is 5.78 Å². The topological polar surface area (TPSA) is 66.8 Å². The van der Waals surface area contributed by atoms with Crippen molar-refractivity contribution in [2.75, 3.05) is 6.54 Å². The van der Waals surface area contributed by atoms with Crippen LogP contribution in [-0.4, -0.2) is 29.0 Å². The number of carbonyl (C=O) groups is 2. The highest BCUT2D eigenvalue weighted by molar-refractivity contribution is 8.00. The first kappa shape index (κ1) is 14.4. The number of carbonyl (C=O) groups excluding carboxylic acids is 2. The molecule has 0 saturated carbocycles. The van der Waals surface area contributed by atoms with Gasteiger partial charge in [0.15, 0.2) is 0 Å². The molecular formula is C12H14N2O3S.